The first kappa shape index (κ1) is 137. The summed E-state index contributed by atoms with van der Waals surface area (Å²) in [4.78, 5) is 118. The number of carbonyl (C=O) groups is 4. The van der Waals surface area contributed by atoms with Crippen LogP contribution >= 0.6 is 0 Å². The van der Waals surface area contributed by atoms with E-state index >= 15 is 0 Å². The molecular formula is C122H160Ir4N16O8-4. The summed E-state index contributed by atoms with van der Waals surface area (Å²) in [5.74, 6) is 9.31. The Kier molecular flexibility index (Phi) is 52.1. The first-order valence-corrected chi connectivity index (χ1v) is 49.2. The first-order chi connectivity index (χ1) is 66.7. The first-order valence-electron chi connectivity index (χ1n) is 49.2. The van der Waals surface area contributed by atoms with Gasteiger partial charge in [0.2, 0.25) is 0 Å². The number of aliphatic hydroxyl groups excluding tert-OH is 4. The molecule has 0 amide bonds. The summed E-state index contributed by atoms with van der Waals surface area (Å²) in [5.41, 5.74) is 10.7. The summed E-state index contributed by atoms with van der Waals surface area (Å²) >= 11 is 0. The molecule has 0 saturated heterocycles. The third-order valence-electron chi connectivity index (χ3n) is 20.8. The van der Waals surface area contributed by atoms with Crippen LogP contribution in [0.1, 0.15) is 335 Å². The molecule has 0 spiro atoms. The molecule has 12 rings (SSSR count). The number of nitrogens with zero attached hydrogens (tertiary/aromatic N) is 16. The van der Waals surface area contributed by atoms with Crippen LogP contribution in [0.3, 0.4) is 0 Å². The van der Waals surface area contributed by atoms with Crippen LogP contribution < -0.4 is 0 Å². The number of benzene rings is 4. The van der Waals surface area contributed by atoms with Crippen LogP contribution in [-0.2, 0) is 143 Å². The molecule has 0 atom stereocenters. The van der Waals surface area contributed by atoms with Crippen molar-refractivity contribution in [2.24, 2.45) is 21.7 Å². The summed E-state index contributed by atoms with van der Waals surface area (Å²) < 4.78 is 0. The maximum atomic E-state index is 11.5. The number of aryl methyl sites for hydroxylation is 2. The summed E-state index contributed by atoms with van der Waals surface area (Å²) in [5, 5.41) is 35.8. The minimum absolute atomic E-state index is 0. The van der Waals surface area contributed by atoms with Gasteiger partial charge in [0, 0.05) is 194 Å². The molecule has 4 aromatic carbocycles. The number of aliphatic hydroxyl groups is 4. The second-order valence-corrected chi connectivity index (χ2v) is 48.6. The molecule has 0 fully saturated rings. The molecule has 0 aliphatic carbocycles. The monoisotopic (exact) mass is 2750 g/mol. The van der Waals surface area contributed by atoms with Gasteiger partial charge in [-0.15, -0.1) is 119 Å². The number of hydrogen-bond acceptors (Lipinski definition) is 24. The number of ketones is 4. The van der Waals surface area contributed by atoms with Crippen molar-refractivity contribution < 1.29 is 120 Å². The zero-order valence-electron chi connectivity index (χ0n) is 96.2. The predicted molar refractivity (Wildman–Crippen MR) is 592 cm³/mol. The largest absolute Gasteiger partial charge is 0.512 e. The fourth-order valence-electron chi connectivity index (χ4n) is 11.8. The molecule has 4 N–H and O–H groups in total. The third-order valence-corrected chi connectivity index (χ3v) is 20.8. The SMILES string of the molecule is CC(=O)C=C(C)O.CC(=O)C=C(C)O.CC(C)(C)C(=O)C=C(O)C(C)(C)C.CC(C)(C)C(=O)C=C(O)C(C)(C)C.CC(C)(C)c1nc(-c2cc[c-]c(-c3ccccn3)c2)nc(C(C)(C)C)n1.CC(C)(C)c1nc(-c2cc[c-]c(-c3ccccn3)c2)nc(C(C)(C)C)n1.Cc1ccnc(-c2[c-]ccc(-c3nc(C(C)(C)C)nc(C(C)(C)C)n3)c2)c1.Cc1ccnc(-c2[c-]ccc(-c3nc(C(C)(C)C)nc(C(C)(C)C)n3)c2)c1.[Ir].[Ir].[Ir].[Ir]. The van der Waals surface area contributed by atoms with Gasteiger partial charge in [-0.25, -0.2) is 59.8 Å². The fourth-order valence-corrected chi connectivity index (χ4v) is 11.8. The Morgan fingerprint density at radius 2 is 0.447 bits per heavy atom. The van der Waals surface area contributed by atoms with Crippen molar-refractivity contribution in [3.05, 3.63) is 288 Å². The van der Waals surface area contributed by atoms with Crippen LogP contribution in [0.25, 0.3) is 90.6 Å². The minimum atomic E-state index is -0.417. The van der Waals surface area contributed by atoms with E-state index in [0.29, 0.717) is 23.3 Å². The third kappa shape index (κ3) is 46.6. The van der Waals surface area contributed by atoms with Gasteiger partial charge in [0.15, 0.2) is 23.1 Å². The molecule has 150 heavy (non-hydrogen) atoms. The minimum Gasteiger partial charge on any atom is -0.512 e. The Labute approximate surface area is 949 Å². The van der Waals surface area contributed by atoms with Gasteiger partial charge in [-0.1, -0.05) is 319 Å². The number of aromatic nitrogens is 16. The second kappa shape index (κ2) is 57.1. The van der Waals surface area contributed by atoms with E-state index in [1.54, 1.807) is 12.4 Å². The van der Waals surface area contributed by atoms with Crippen molar-refractivity contribution >= 4 is 23.1 Å². The second-order valence-electron chi connectivity index (χ2n) is 48.6. The molecule has 0 bridgehead atoms. The van der Waals surface area contributed by atoms with Crippen molar-refractivity contribution in [3.63, 3.8) is 0 Å². The Bertz CT molecular complexity index is 6050. The van der Waals surface area contributed by atoms with E-state index < -0.39 is 10.8 Å². The van der Waals surface area contributed by atoms with Gasteiger partial charge in [0.25, 0.3) is 0 Å². The number of allylic oxidation sites excluding steroid dienone is 8. The van der Waals surface area contributed by atoms with E-state index in [0.717, 1.165) is 114 Å². The summed E-state index contributed by atoms with van der Waals surface area (Å²) in [6.07, 6.45) is 12.2. The Morgan fingerprint density at radius 3 is 0.600 bits per heavy atom. The van der Waals surface area contributed by atoms with Gasteiger partial charge < -0.3 is 40.4 Å². The Morgan fingerprint density at radius 1 is 0.247 bits per heavy atom. The smallest absolute Gasteiger partial charge is 0.164 e. The van der Waals surface area contributed by atoms with E-state index in [1.807, 2.05) is 205 Å². The molecule has 12 aromatic rings. The summed E-state index contributed by atoms with van der Waals surface area (Å²) in [6.45, 7) is 83.0. The molecule has 4 radical (unpaired) electrons. The Balaban J connectivity index is 0.000000887. The molecule has 0 aliphatic heterocycles. The number of rotatable bonds is 12. The zero-order chi connectivity index (χ0) is 111. The van der Waals surface area contributed by atoms with Gasteiger partial charge in [-0.05, 0) is 88.6 Å². The summed E-state index contributed by atoms with van der Waals surface area (Å²) in [6, 6.07) is 56.6. The van der Waals surface area contributed by atoms with Gasteiger partial charge in [-0.2, -0.15) is 0 Å². The maximum absolute atomic E-state index is 11.5. The molecule has 8 heterocycles. The van der Waals surface area contributed by atoms with Crippen LogP contribution in [0, 0.1) is 59.8 Å². The number of pyridine rings is 4. The Hall–Kier alpha value is -11.0. The standard InChI is InChI=1S/2C23H27N4.2C22H25N4.2C11H20O2.2C5H8O2.4Ir/c2*1-15-11-12-24-18(13-15)16-9-8-10-17(14-16)19-25-20(22(2,3)4)27-21(26-19)23(5,6)7;2*1-21(2,3)19-24-18(25-20(26-19)22(4,5)6)16-11-9-10-15(14-16)17-12-7-8-13-23-17;2*1-10(2,3)8(12)7-9(13)11(4,5)6;2*1-4(6)3-5(2)7;;;;/h2*8,10-14H,1-7H3;2*7-9,11-14H,1-6H3;2*7,12H,1-6H3;2*3,6H,1-2H3;;;;/q4*-1;;;;;;;;. The fraction of sp³-hybridized carbons (Fsp3) is 0.443. The maximum Gasteiger partial charge on any atom is 0.164 e. The van der Waals surface area contributed by atoms with Crippen LogP contribution in [0.15, 0.2) is 206 Å². The topological polar surface area (TPSA) is 355 Å². The van der Waals surface area contributed by atoms with Crippen molar-refractivity contribution in [2.45, 2.75) is 334 Å². The van der Waals surface area contributed by atoms with Crippen molar-refractivity contribution in [1.29, 1.82) is 0 Å². The van der Waals surface area contributed by atoms with Gasteiger partial charge >= 0.3 is 0 Å². The number of hydrogen-bond donors (Lipinski definition) is 4. The normalized spacial score (nSPS) is 12.2. The van der Waals surface area contributed by atoms with Crippen molar-refractivity contribution in [2.75, 3.05) is 0 Å². The molecular weight excluding hydrogens is 2590 g/mol. The van der Waals surface area contributed by atoms with Gasteiger partial charge in [0.05, 0.1) is 11.5 Å². The average molecular weight is 2750 g/mol. The quantitative estimate of drug-likeness (QED) is 0.0501. The average Bonchev–Trinajstić information content (AvgIpc) is 0.796. The van der Waals surface area contributed by atoms with Crippen LogP contribution in [-0.4, -0.2) is 123 Å². The zero-order valence-corrected chi connectivity index (χ0v) is 106. The molecule has 0 aliphatic rings. The van der Waals surface area contributed by atoms with Crippen LogP contribution in [0.5, 0.6) is 0 Å². The molecule has 24 nitrogen and oxygen atoms in total. The number of carbonyl (C=O) groups excluding carboxylic acids is 4. The van der Waals surface area contributed by atoms with E-state index in [9.17, 15) is 29.4 Å². The van der Waals surface area contributed by atoms with Gasteiger partial charge in [0.1, 0.15) is 81.4 Å². The van der Waals surface area contributed by atoms with Gasteiger partial charge in [-0.3, -0.25) is 19.2 Å². The van der Waals surface area contributed by atoms with Crippen LogP contribution in [0.2, 0.25) is 0 Å². The summed E-state index contributed by atoms with van der Waals surface area (Å²) in [7, 11) is 0. The van der Waals surface area contributed by atoms with E-state index in [1.165, 1.54) is 63.1 Å². The molecule has 8 aromatic heterocycles. The van der Waals surface area contributed by atoms with Crippen LogP contribution in [0.4, 0.5) is 0 Å². The van der Waals surface area contributed by atoms with E-state index in [4.69, 9.17) is 70.0 Å². The van der Waals surface area contributed by atoms with E-state index in [2.05, 4.69) is 248 Å². The molecule has 0 unspecified atom stereocenters. The van der Waals surface area contributed by atoms with E-state index in [-0.39, 0.29) is 181 Å². The van der Waals surface area contributed by atoms with Crippen molar-refractivity contribution in [3.8, 4) is 90.6 Å². The predicted octanol–water partition coefficient (Wildman–Crippen LogP) is 28.8. The molecule has 0 saturated carbocycles. The van der Waals surface area contributed by atoms with Crippen molar-refractivity contribution in [1.82, 2.24) is 79.7 Å². The molecule has 816 valence electrons. The molecule has 28 heteroatoms.